The first kappa shape index (κ1) is 26.9. The topological polar surface area (TPSA) is 70.6 Å². The summed E-state index contributed by atoms with van der Waals surface area (Å²) < 4.78 is 16.6. The Morgan fingerprint density at radius 3 is 2.56 bits per heavy atom. The minimum atomic E-state index is 0. The van der Waals surface area contributed by atoms with E-state index in [-0.39, 0.29) is 30.0 Å². The summed E-state index contributed by atoms with van der Waals surface area (Å²) in [6.45, 7) is 9.53. The van der Waals surface area contributed by atoms with Gasteiger partial charge in [0.25, 0.3) is 0 Å². The number of morpholine rings is 1. The molecule has 8 nitrogen and oxygen atoms in total. The standard InChI is InChI=1S/C23H39N5O3.HI/c1-5-27-10-6-7-19(27)16-25-23(24-2)26-17-20(28-11-13-31-14-12-28)18-8-9-21(29-3)22(15-18)30-4;/h8-9,15,19-20H,5-7,10-14,16-17H2,1-4H3,(H2,24,25,26);1H. The van der Waals surface area contributed by atoms with E-state index in [9.17, 15) is 0 Å². The summed E-state index contributed by atoms with van der Waals surface area (Å²) in [5.74, 6) is 2.35. The zero-order valence-electron chi connectivity index (χ0n) is 19.9. The summed E-state index contributed by atoms with van der Waals surface area (Å²) in [5, 5.41) is 7.09. The van der Waals surface area contributed by atoms with Crippen LogP contribution in [0.2, 0.25) is 0 Å². The molecular weight excluding hydrogens is 521 g/mol. The molecule has 2 heterocycles. The highest BCUT2D eigenvalue weighted by Gasteiger charge is 2.25. The number of benzene rings is 1. The van der Waals surface area contributed by atoms with Crippen molar-refractivity contribution in [2.24, 2.45) is 4.99 Å². The van der Waals surface area contributed by atoms with Crippen LogP contribution in [0.4, 0.5) is 0 Å². The molecule has 182 valence electrons. The molecule has 2 atom stereocenters. The average Bonchev–Trinajstić information content (AvgIpc) is 3.29. The van der Waals surface area contributed by atoms with E-state index in [2.05, 4.69) is 44.5 Å². The number of aliphatic imine (C=N–C) groups is 1. The molecule has 0 amide bonds. The van der Waals surface area contributed by atoms with E-state index in [1.54, 1.807) is 14.2 Å². The minimum Gasteiger partial charge on any atom is -0.493 e. The van der Waals surface area contributed by atoms with Gasteiger partial charge in [-0.1, -0.05) is 13.0 Å². The lowest BCUT2D eigenvalue weighted by molar-refractivity contribution is 0.0169. The number of nitrogens with one attached hydrogen (secondary N) is 2. The van der Waals surface area contributed by atoms with E-state index in [0.717, 1.165) is 63.4 Å². The Labute approximate surface area is 210 Å². The van der Waals surface area contributed by atoms with Gasteiger partial charge in [-0.25, -0.2) is 0 Å². The molecule has 0 radical (unpaired) electrons. The predicted octanol–water partition coefficient (Wildman–Crippen LogP) is 2.34. The second-order valence-electron chi connectivity index (χ2n) is 8.04. The Hall–Kier alpha value is -1.30. The molecule has 0 aromatic heterocycles. The molecular formula is C23H40IN5O3. The monoisotopic (exact) mass is 561 g/mol. The van der Waals surface area contributed by atoms with Crippen molar-refractivity contribution in [1.29, 1.82) is 0 Å². The number of methoxy groups -OCH3 is 2. The SMILES string of the molecule is CCN1CCCC1CNC(=NC)NCC(c1ccc(OC)c(OC)c1)N1CCOCC1.I. The van der Waals surface area contributed by atoms with Crippen LogP contribution in [-0.2, 0) is 4.74 Å². The van der Waals surface area contributed by atoms with E-state index >= 15 is 0 Å². The van der Waals surface area contributed by atoms with Gasteiger partial charge >= 0.3 is 0 Å². The smallest absolute Gasteiger partial charge is 0.191 e. The fraction of sp³-hybridized carbons (Fsp3) is 0.696. The van der Waals surface area contributed by atoms with Crippen LogP contribution in [0.25, 0.3) is 0 Å². The highest BCUT2D eigenvalue weighted by atomic mass is 127. The van der Waals surface area contributed by atoms with Crippen molar-refractivity contribution < 1.29 is 14.2 Å². The number of nitrogens with zero attached hydrogens (tertiary/aromatic N) is 3. The highest BCUT2D eigenvalue weighted by Crippen LogP contribution is 2.32. The summed E-state index contributed by atoms with van der Waals surface area (Å²) in [5.41, 5.74) is 1.19. The molecule has 2 unspecified atom stereocenters. The second kappa shape index (κ2) is 14.1. The third kappa shape index (κ3) is 7.10. The molecule has 1 aromatic rings. The van der Waals surface area contributed by atoms with Gasteiger partial charge in [-0.05, 0) is 43.6 Å². The number of halogens is 1. The minimum absolute atomic E-state index is 0. The van der Waals surface area contributed by atoms with Crippen LogP contribution >= 0.6 is 24.0 Å². The molecule has 0 saturated carbocycles. The molecule has 0 spiro atoms. The van der Waals surface area contributed by atoms with Crippen molar-refractivity contribution in [3.63, 3.8) is 0 Å². The Kier molecular flexibility index (Phi) is 11.8. The van der Waals surface area contributed by atoms with E-state index in [1.807, 2.05) is 13.1 Å². The summed E-state index contributed by atoms with van der Waals surface area (Å²) in [6, 6.07) is 6.95. The first-order valence-corrected chi connectivity index (χ1v) is 11.4. The van der Waals surface area contributed by atoms with Crippen molar-refractivity contribution in [2.45, 2.75) is 31.8 Å². The summed E-state index contributed by atoms with van der Waals surface area (Å²) >= 11 is 0. The van der Waals surface area contributed by atoms with Gasteiger partial charge in [0.1, 0.15) is 0 Å². The van der Waals surface area contributed by atoms with E-state index < -0.39 is 0 Å². The molecule has 1 aromatic carbocycles. The molecule has 9 heteroatoms. The number of rotatable bonds is 9. The van der Waals surface area contributed by atoms with Crippen LogP contribution in [0.1, 0.15) is 31.4 Å². The fourth-order valence-corrected chi connectivity index (χ4v) is 4.58. The molecule has 2 fully saturated rings. The number of ether oxygens (including phenoxy) is 3. The average molecular weight is 562 g/mol. The number of hydrogen-bond donors (Lipinski definition) is 2. The quantitative estimate of drug-likeness (QED) is 0.273. The van der Waals surface area contributed by atoms with Crippen molar-refractivity contribution in [3.8, 4) is 11.5 Å². The van der Waals surface area contributed by atoms with Crippen LogP contribution in [0.3, 0.4) is 0 Å². The zero-order chi connectivity index (χ0) is 22.1. The number of hydrogen-bond acceptors (Lipinski definition) is 6. The van der Waals surface area contributed by atoms with Crippen molar-refractivity contribution in [1.82, 2.24) is 20.4 Å². The van der Waals surface area contributed by atoms with Crippen molar-refractivity contribution in [2.75, 3.05) is 73.7 Å². The van der Waals surface area contributed by atoms with Gasteiger partial charge in [0.2, 0.25) is 0 Å². The maximum Gasteiger partial charge on any atom is 0.191 e. The van der Waals surface area contributed by atoms with Crippen LogP contribution < -0.4 is 20.1 Å². The lowest BCUT2D eigenvalue weighted by atomic mass is 10.0. The van der Waals surface area contributed by atoms with Gasteiger partial charge in [0.05, 0.1) is 33.5 Å². The summed E-state index contributed by atoms with van der Waals surface area (Å²) in [4.78, 5) is 9.46. The maximum absolute atomic E-state index is 5.58. The van der Waals surface area contributed by atoms with Gasteiger partial charge < -0.3 is 24.8 Å². The Morgan fingerprint density at radius 2 is 1.91 bits per heavy atom. The summed E-state index contributed by atoms with van der Waals surface area (Å²) in [6.07, 6.45) is 2.53. The molecule has 2 N–H and O–H groups in total. The lowest BCUT2D eigenvalue weighted by Gasteiger charge is -2.35. The van der Waals surface area contributed by atoms with Crippen LogP contribution in [0.5, 0.6) is 11.5 Å². The van der Waals surface area contributed by atoms with Crippen molar-refractivity contribution >= 4 is 29.9 Å². The molecule has 3 rings (SSSR count). The highest BCUT2D eigenvalue weighted by molar-refractivity contribution is 14.0. The first-order valence-electron chi connectivity index (χ1n) is 11.4. The van der Waals surface area contributed by atoms with Gasteiger partial charge in [0, 0.05) is 39.3 Å². The maximum atomic E-state index is 5.58. The molecule has 32 heavy (non-hydrogen) atoms. The van der Waals surface area contributed by atoms with E-state index in [0.29, 0.717) is 6.04 Å². The fourth-order valence-electron chi connectivity index (χ4n) is 4.58. The predicted molar refractivity (Wildman–Crippen MR) is 140 cm³/mol. The van der Waals surface area contributed by atoms with Crippen LogP contribution in [0, 0.1) is 0 Å². The van der Waals surface area contributed by atoms with Crippen molar-refractivity contribution in [3.05, 3.63) is 23.8 Å². The van der Waals surface area contributed by atoms with E-state index in [4.69, 9.17) is 14.2 Å². The third-order valence-corrected chi connectivity index (χ3v) is 6.38. The molecule has 2 aliphatic heterocycles. The van der Waals surface area contributed by atoms with Gasteiger partial charge in [-0.2, -0.15) is 0 Å². The molecule has 0 aliphatic carbocycles. The summed E-state index contributed by atoms with van der Waals surface area (Å²) in [7, 11) is 5.18. The van der Waals surface area contributed by atoms with Gasteiger partial charge in [0.15, 0.2) is 17.5 Å². The zero-order valence-corrected chi connectivity index (χ0v) is 22.3. The third-order valence-electron chi connectivity index (χ3n) is 6.38. The Morgan fingerprint density at radius 1 is 1.16 bits per heavy atom. The largest absolute Gasteiger partial charge is 0.493 e. The molecule has 2 aliphatic rings. The number of likely N-dealkylation sites (N-methyl/N-ethyl adjacent to an activating group) is 1. The first-order chi connectivity index (χ1) is 15.2. The second-order valence-corrected chi connectivity index (χ2v) is 8.04. The van der Waals surface area contributed by atoms with Gasteiger partial charge in [-0.15, -0.1) is 24.0 Å². The number of likely N-dealkylation sites (tertiary alicyclic amines) is 1. The van der Waals surface area contributed by atoms with Crippen LogP contribution in [-0.4, -0.2) is 95.6 Å². The van der Waals surface area contributed by atoms with Gasteiger partial charge in [-0.3, -0.25) is 14.8 Å². The molecule has 2 saturated heterocycles. The number of guanidine groups is 1. The molecule has 0 bridgehead atoms. The normalized spacial score (nSPS) is 21.0. The van der Waals surface area contributed by atoms with E-state index in [1.165, 1.54) is 24.9 Å². The Bertz CT molecular complexity index is 715. The lowest BCUT2D eigenvalue weighted by Crippen LogP contribution is -2.48. The Balaban J connectivity index is 0.00000363. The van der Waals surface area contributed by atoms with Crippen LogP contribution in [0.15, 0.2) is 23.2 Å².